The molecule has 20 heavy (non-hydrogen) atoms. The zero-order chi connectivity index (χ0) is 15.1. The summed E-state index contributed by atoms with van der Waals surface area (Å²) in [6.07, 6.45) is 0. The molecule has 0 saturated heterocycles. The summed E-state index contributed by atoms with van der Waals surface area (Å²) in [6.45, 7) is 0.979. The Bertz CT molecular complexity index is 455. The third-order valence-electron chi connectivity index (χ3n) is 2.69. The molecule has 2 N–H and O–H groups in total. The first-order valence-electron chi connectivity index (χ1n) is 6.20. The summed E-state index contributed by atoms with van der Waals surface area (Å²) >= 11 is 0. The number of rotatable bonds is 6. The first-order chi connectivity index (χ1) is 9.47. The van der Waals surface area contributed by atoms with Crippen molar-refractivity contribution < 1.29 is 23.4 Å². The summed E-state index contributed by atoms with van der Waals surface area (Å²) in [7, 11) is 0. The van der Waals surface area contributed by atoms with Gasteiger partial charge in [-0.3, -0.25) is 0 Å². The number of carbonyl (C=O) groups is 1. The van der Waals surface area contributed by atoms with E-state index in [1.165, 1.54) is 11.0 Å². The normalized spacial score (nSPS) is 10.5. The number of benzene rings is 1. The van der Waals surface area contributed by atoms with Crippen molar-refractivity contribution in [3.05, 3.63) is 23.8 Å². The molecule has 0 radical (unpaired) electrons. The van der Waals surface area contributed by atoms with Crippen LogP contribution in [0.15, 0.2) is 18.2 Å². The maximum atomic E-state index is 12.2. The number of alkyl halides is 2. The van der Waals surface area contributed by atoms with Crippen LogP contribution in [-0.4, -0.2) is 42.3 Å². The highest BCUT2D eigenvalue weighted by Crippen LogP contribution is 2.24. The molecule has 0 heterocycles. The first-order valence-corrected chi connectivity index (χ1v) is 6.20. The highest BCUT2D eigenvalue weighted by Gasteiger charge is 2.13. The second-order valence-electron chi connectivity index (χ2n) is 4.09. The molecule has 2 amide bonds. The van der Waals surface area contributed by atoms with Gasteiger partial charge in [-0.2, -0.15) is 8.78 Å². The lowest BCUT2D eigenvalue weighted by Crippen LogP contribution is -2.36. The van der Waals surface area contributed by atoms with Crippen LogP contribution in [0.1, 0.15) is 12.5 Å². The summed E-state index contributed by atoms with van der Waals surface area (Å²) in [5.74, 6) is 0.0167. The molecular formula is C13H18F2N2O3. The molecule has 1 aromatic carbocycles. The van der Waals surface area contributed by atoms with E-state index < -0.39 is 12.6 Å². The first kappa shape index (κ1) is 16.2. The summed E-state index contributed by atoms with van der Waals surface area (Å²) < 4.78 is 28.8. The largest absolute Gasteiger partial charge is 0.434 e. The van der Waals surface area contributed by atoms with Gasteiger partial charge < -0.3 is 20.1 Å². The van der Waals surface area contributed by atoms with Crippen LogP contribution in [0.25, 0.3) is 0 Å². The smallest absolute Gasteiger partial charge is 0.387 e. The number of halogens is 2. The van der Waals surface area contributed by atoms with Crippen LogP contribution in [0.2, 0.25) is 0 Å². The lowest BCUT2D eigenvalue weighted by molar-refractivity contribution is -0.0502. The molecular weight excluding hydrogens is 270 g/mol. The van der Waals surface area contributed by atoms with E-state index >= 15 is 0 Å². The standard InChI is InChI=1S/C13H18F2N2O3/c1-3-17(6-7-18)13(19)16-10-5-4-9(2)11(8-10)20-12(14)15/h4-5,8,12,18H,3,6-7H2,1-2H3,(H,16,19). The highest BCUT2D eigenvalue weighted by molar-refractivity contribution is 5.89. The SMILES string of the molecule is CCN(CCO)C(=O)Nc1ccc(C)c(OC(F)F)c1. The number of aryl methyl sites for hydroxylation is 1. The Morgan fingerprint density at radius 3 is 2.75 bits per heavy atom. The van der Waals surface area contributed by atoms with Crippen LogP contribution >= 0.6 is 0 Å². The van der Waals surface area contributed by atoms with E-state index in [0.29, 0.717) is 17.8 Å². The monoisotopic (exact) mass is 288 g/mol. The van der Waals surface area contributed by atoms with Crippen molar-refractivity contribution in [3.63, 3.8) is 0 Å². The molecule has 0 aromatic heterocycles. The zero-order valence-electron chi connectivity index (χ0n) is 11.4. The second kappa shape index (κ2) is 7.64. The number of ether oxygens (including phenoxy) is 1. The predicted molar refractivity (Wildman–Crippen MR) is 71.2 cm³/mol. The van der Waals surface area contributed by atoms with Crippen LogP contribution in [0.4, 0.5) is 19.3 Å². The predicted octanol–water partition coefficient (Wildman–Crippen LogP) is 2.44. The Morgan fingerprint density at radius 1 is 1.50 bits per heavy atom. The van der Waals surface area contributed by atoms with Gasteiger partial charge in [-0.1, -0.05) is 6.07 Å². The summed E-state index contributed by atoms with van der Waals surface area (Å²) in [5.41, 5.74) is 0.902. The molecule has 0 aliphatic rings. The fourth-order valence-electron chi connectivity index (χ4n) is 1.63. The number of aliphatic hydroxyl groups is 1. The van der Waals surface area contributed by atoms with Crippen LogP contribution in [-0.2, 0) is 0 Å². The van der Waals surface area contributed by atoms with E-state index in [9.17, 15) is 13.6 Å². The third-order valence-corrected chi connectivity index (χ3v) is 2.69. The summed E-state index contributed by atoms with van der Waals surface area (Å²) in [6, 6.07) is 4.11. The van der Waals surface area contributed by atoms with E-state index in [1.807, 2.05) is 0 Å². The molecule has 1 aromatic rings. The number of anilines is 1. The lowest BCUT2D eigenvalue weighted by atomic mass is 10.2. The minimum absolute atomic E-state index is 0.0167. The number of hydrogen-bond acceptors (Lipinski definition) is 3. The minimum Gasteiger partial charge on any atom is -0.434 e. The molecule has 112 valence electrons. The molecule has 0 saturated carbocycles. The number of aliphatic hydroxyl groups excluding tert-OH is 1. The van der Waals surface area contributed by atoms with Gasteiger partial charge in [0.15, 0.2) is 0 Å². The van der Waals surface area contributed by atoms with E-state index in [1.54, 1.807) is 26.0 Å². The van der Waals surface area contributed by atoms with Crippen LogP contribution in [0.3, 0.4) is 0 Å². The number of nitrogens with one attached hydrogen (secondary N) is 1. The van der Waals surface area contributed by atoms with E-state index in [4.69, 9.17) is 5.11 Å². The Balaban J connectivity index is 2.79. The molecule has 5 nitrogen and oxygen atoms in total. The van der Waals surface area contributed by atoms with Crippen molar-refractivity contribution in [1.29, 1.82) is 0 Å². The second-order valence-corrected chi connectivity index (χ2v) is 4.09. The number of nitrogens with zero attached hydrogens (tertiary/aromatic N) is 1. The van der Waals surface area contributed by atoms with Crippen molar-refractivity contribution in [3.8, 4) is 5.75 Å². The molecule has 0 aliphatic heterocycles. The number of amides is 2. The van der Waals surface area contributed by atoms with Crippen LogP contribution in [0, 0.1) is 6.92 Å². The van der Waals surface area contributed by atoms with Crippen LogP contribution in [0.5, 0.6) is 5.75 Å². The highest BCUT2D eigenvalue weighted by atomic mass is 19.3. The summed E-state index contributed by atoms with van der Waals surface area (Å²) in [5, 5.41) is 11.4. The Labute approximate surface area is 116 Å². The fourth-order valence-corrected chi connectivity index (χ4v) is 1.63. The molecule has 1 rings (SSSR count). The Hall–Kier alpha value is -1.89. The molecule has 0 fully saturated rings. The zero-order valence-corrected chi connectivity index (χ0v) is 11.4. The van der Waals surface area contributed by atoms with Crippen LogP contribution < -0.4 is 10.1 Å². The van der Waals surface area contributed by atoms with Crippen molar-refractivity contribution in [2.75, 3.05) is 25.0 Å². The maximum absolute atomic E-state index is 12.2. The number of carbonyl (C=O) groups excluding carboxylic acids is 1. The minimum atomic E-state index is -2.92. The van der Waals surface area contributed by atoms with Crippen molar-refractivity contribution in [1.82, 2.24) is 4.90 Å². The van der Waals surface area contributed by atoms with Crippen molar-refractivity contribution >= 4 is 11.7 Å². The van der Waals surface area contributed by atoms with Gasteiger partial charge in [-0.15, -0.1) is 0 Å². The van der Waals surface area contributed by atoms with Gasteiger partial charge in [-0.25, -0.2) is 4.79 Å². The lowest BCUT2D eigenvalue weighted by Gasteiger charge is -2.20. The van der Waals surface area contributed by atoms with Gasteiger partial charge in [0.1, 0.15) is 5.75 Å². The topological polar surface area (TPSA) is 61.8 Å². The Kier molecular flexibility index (Phi) is 6.17. The molecule has 0 bridgehead atoms. The van der Waals surface area contributed by atoms with Gasteiger partial charge in [0.05, 0.1) is 6.61 Å². The van der Waals surface area contributed by atoms with Gasteiger partial charge in [0, 0.05) is 24.8 Å². The van der Waals surface area contributed by atoms with Gasteiger partial charge in [0.2, 0.25) is 0 Å². The quantitative estimate of drug-likeness (QED) is 0.845. The van der Waals surface area contributed by atoms with Gasteiger partial charge in [0.25, 0.3) is 0 Å². The van der Waals surface area contributed by atoms with Gasteiger partial charge >= 0.3 is 12.6 Å². The van der Waals surface area contributed by atoms with Gasteiger partial charge in [-0.05, 0) is 25.5 Å². The number of urea groups is 1. The molecule has 0 unspecified atom stereocenters. The molecule has 0 spiro atoms. The molecule has 0 atom stereocenters. The number of hydrogen-bond donors (Lipinski definition) is 2. The molecule has 7 heteroatoms. The van der Waals surface area contributed by atoms with Crippen molar-refractivity contribution in [2.24, 2.45) is 0 Å². The third kappa shape index (κ3) is 4.65. The fraction of sp³-hybridized carbons (Fsp3) is 0.462. The van der Waals surface area contributed by atoms with Crippen molar-refractivity contribution in [2.45, 2.75) is 20.5 Å². The van der Waals surface area contributed by atoms with E-state index in [2.05, 4.69) is 10.1 Å². The van der Waals surface area contributed by atoms with E-state index in [-0.39, 0.29) is 18.9 Å². The maximum Gasteiger partial charge on any atom is 0.387 e. The van der Waals surface area contributed by atoms with E-state index in [0.717, 1.165) is 0 Å². The molecule has 0 aliphatic carbocycles. The number of likely N-dealkylation sites (N-methyl/N-ethyl adjacent to an activating group) is 1. The Morgan fingerprint density at radius 2 is 2.20 bits per heavy atom. The average molecular weight is 288 g/mol. The summed E-state index contributed by atoms with van der Waals surface area (Å²) in [4.78, 5) is 13.3. The average Bonchev–Trinajstić information content (AvgIpc) is 2.39.